The van der Waals surface area contributed by atoms with Gasteiger partial charge < -0.3 is 14.2 Å². The summed E-state index contributed by atoms with van der Waals surface area (Å²) in [5.74, 6) is 1.48. The summed E-state index contributed by atoms with van der Waals surface area (Å²) in [6, 6.07) is 5.42. The van der Waals surface area contributed by atoms with Gasteiger partial charge in [-0.25, -0.2) is 4.98 Å². The van der Waals surface area contributed by atoms with Gasteiger partial charge in [0.1, 0.15) is 11.4 Å². The molecule has 0 radical (unpaired) electrons. The highest BCUT2D eigenvalue weighted by Gasteiger charge is 2.41. The molecule has 1 spiro atoms. The van der Waals surface area contributed by atoms with E-state index in [1.165, 1.54) is 0 Å². The molecule has 0 bridgehead atoms. The summed E-state index contributed by atoms with van der Waals surface area (Å²) in [4.78, 5) is 31.5. The molecule has 1 amide bonds. The molecule has 31 heavy (non-hydrogen) atoms. The van der Waals surface area contributed by atoms with Gasteiger partial charge in [0, 0.05) is 44.7 Å². The minimum Gasteiger partial charge on any atom is -0.375 e. The van der Waals surface area contributed by atoms with Gasteiger partial charge in [0.15, 0.2) is 0 Å². The number of likely N-dealkylation sites (tertiary alicyclic amines) is 1. The van der Waals surface area contributed by atoms with Crippen LogP contribution < -0.4 is 0 Å². The first kappa shape index (κ1) is 19.7. The van der Waals surface area contributed by atoms with Crippen LogP contribution in [0.25, 0.3) is 11.5 Å². The van der Waals surface area contributed by atoms with Crippen LogP contribution in [0.3, 0.4) is 0 Å². The number of aromatic nitrogens is 5. The zero-order valence-electron chi connectivity index (χ0n) is 17.2. The Morgan fingerprint density at radius 1 is 1.16 bits per heavy atom. The molecule has 2 aliphatic heterocycles. The third-order valence-electron chi connectivity index (χ3n) is 6.16. The fourth-order valence-corrected chi connectivity index (χ4v) is 4.52. The predicted octanol–water partition coefficient (Wildman–Crippen LogP) is 2.57. The molecule has 5 rings (SSSR count). The second-order valence-corrected chi connectivity index (χ2v) is 8.20. The van der Waals surface area contributed by atoms with Crippen molar-refractivity contribution < 1.29 is 14.1 Å². The van der Waals surface area contributed by atoms with Crippen LogP contribution >= 0.6 is 0 Å². The number of carbonyl (C=O) groups excluding carboxylic acids is 1. The largest absolute Gasteiger partial charge is 0.375 e. The SMILES string of the molecule is O=C(c1ccccn1)N1CCC2(CC1)CC(Cc1nc(-c3cnccn3)no1)CCO2. The van der Waals surface area contributed by atoms with E-state index in [2.05, 4.69) is 25.1 Å². The van der Waals surface area contributed by atoms with Crippen LogP contribution in [0.15, 0.2) is 47.5 Å². The van der Waals surface area contributed by atoms with E-state index < -0.39 is 0 Å². The molecule has 1 unspecified atom stereocenters. The molecule has 0 aliphatic carbocycles. The highest BCUT2D eigenvalue weighted by atomic mass is 16.5. The molecule has 9 heteroatoms. The first-order valence-electron chi connectivity index (χ1n) is 10.6. The Morgan fingerprint density at radius 3 is 2.84 bits per heavy atom. The number of nitrogens with zero attached hydrogens (tertiary/aromatic N) is 6. The molecule has 9 nitrogen and oxygen atoms in total. The van der Waals surface area contributed by atoms with Gasteiger partial charge in [-0.2, -0.15) is 4.98 Å². The molecule has 5 heterocycles. The van der Waals surface area contributed by atoms with Crippen LogP contribution in [0.4, 0.5) is 0 Å². The Morgan fingerprint density at radius 2 is 2.06 bits per heavy atom. The number of piperidine rings is 1. The smallest absolute Gasteiger partial charge is 0.272 e. The number of rotatable bonds is 4. The fourth-order valence-electron chi connectivity index (χ4n) is 4.52. The van der Waals surface area contributed by atoms with Gasteiger partial charge in [-0.3, -0.25) is 14.8 Å². The summed E-state index contributed by atoms with van der Waals surface area (Å²) < 4.78 is 11.7. The van der Waals surface area contributed by atoms with E-state index in [1.54, 1.807) is 30.9 Å². The molecule has 0 aromatic carbocycles. The summed E-state index contributed by atoms with van der Waals surface area (Å²) >= 11 is 0. The zero-order valence-corrected chi connectivity index (χ0v) is 17.2. The Balaban J connectivity index is 1.19. The number of hydrogen-bond donors (Lipinski definition) is 0. The van der Waals surface area contributed by atoms with Crippen LogP contribution in [-0.4, -0.2) is 61.2 Å². The molecule has 0 N–H and O–H groups in total. The second kappa shape index (κ2) is 8.50. The number of ether oxygens (including phenoxy) is 1. The van der Waals surface area contributed by atoms with Crippen molar-refractivity contribution in [2.75, 3.05) is 19.7 Å². The third-order valence-corrected chi connectivity index (χ3v) is 6.16. The van der Waals surface area contributed by atoms with Crippen molar-refractivity contribution in [1.82, 2.24) is 30.0 Å². The highest BCUT2D eigenvalue weighted by Crippen LogP contribution is 2.39. The van der Waals surface area contributed by atoms with Crippen molar-refractivity contribution in [2.24, 2.45) is 5.92 Å². The zero-order chi connectivity index (χ0) is 21.1. The molecular formula is C22H24N6O3. The lowest BCUT2D eigenvalue weighted by molar-refractivity contribution is -0.124. The molecular weight excluding hydrogens is 396 g/mol. The topological polar surface area (TPSA) is 107 Å². The minimum atomic E-state index is -0.183. The van der Waals surface area contributed by atoms with E-state index in [4.69, 9.17) is 9.26 Å². The summed E-state index contributed by atoms with van der Waals surface area (Å²) in [5.41, 5.74) is 0.916. The average molecular weight is 420 g/mol. The summed E-state index contributed by atoms with van der Waals surface area (Å²) in [7, 11) is 0. The Kier molecular flexibility index (Phi) is 5.42. The second-order valence-electron chi connectivity index (χ2n) is 8.20. The number of hydrogen-bond acceptors (Lipinski definition) is 8. The van der Waals surface area contributed by atoms with Crippen molar-refractivity contribution in [3.05, 3.63) is 54.6 Å². The van der Waals surface area contributed by atoms with Crippen molar-refractivity contribution >= 4 is 5.91 Å². The van der Waals surface area contributed by atoms with Gasteiger partial charge in [-0.1, -0.05) is 11.2 Å². The lowest BCUT2D eigenvalue weighted by atomic mass is 9.78. The molecule has 0 saturated carbocycles. The first-order chi connectivity index (χ1) is 15.2. The standard InChI is InChI=1S/C22H24N6O3/c29-21(17-3-1-2-7-24-17)28-10-5-22(6-11-28)14-16(4-12-30-22)13-19-26-20(27-31-19)18-15-23-8-9-25-18/h1-3,7-9,15-16H,4-6,10-14H2. The van der Waals surface area contributed by atoms with Crippen molar-refractivity contribution in [3.63, 3.8) is 0 Å². The van der Waals surface area contributed by atoms with Crippen molar-refractivity contribution in [1.29, 1.82) is 0 Å². The quantitative estimate of drug-likeness (QED) is 0.634. The Bertz CT molecular complexity index is 1020. The van der Waals surface area contributed by atoms with Crippen molar-refractivity contribution in [3.8, 4) is 11.5 Å². The average Bonchev–Trinajstić information content (AvgIpc) is 3.29. The van der Waals surface area contributed by atoms with E-state index in [9.17, 15) is 4.79 Å². The molecule has 2 fully saturated rings. The monoisotopic (exact) mass is 420 g/mol. The van der Waals surface area contributed by atoms with Crippen LogP contribution in [0.5, 0.6) is 0 Å². The summed E-state index contributed by atoms with van der Waals surface area (Å²) in [6.07, 6.45) is 10.8. The van der Waals surface area contributed by atoms with Crippen molar-refractivity contribution in [2.45, 2.75) is 37.7 Å². The lowest BCUT2D eigenvalue weighted by Gasteiger charge is -2.46. The number of carbonyl (C=O) groups is 1. The van der Waals surface area contributed by atoms with Gasteiger partial charge in [0.05, 0.1) is 11.8 Å². The molecule has 160 valence electrons. The lowest BCUT2D eigenvalue weighted by Crippen LogP contribution is -2.51. The maximum Gasteiger partial charge on any atom is 0.272 e. The molecule has 2 aliphatic rings. The summed E-state index contributed by atoms with van der Waals surface area (Å²) in [5, 5.41) is 4.04. The number of pyridine rings is 1. The van der Waals surface area contributed by atoms with Crippen LogP contribution in [0.1, 0.15) is 42.1 Å². The van der Waals surface area contributed by atoms with Gasteiger partial charge in [-0.15, -0.1) is 0 Å². The first-order valence-corrected chi connectivity index (χ1v) is 10.6. The Labute approximate surface area is 179 Å². The van der Waals surface area contributed by atoms with Crippen LogP contribution in [-0.2, 0) is 11.2 Å². The molecule has 3 aromatic heterocycles. The summed E-state index contributed by atoms with van der Waals surface area (Å²) in [6.45, 7) is 2.07. The maximum absolute atomic E-state index is 12.7. The molecule has 3 aromatic rings. The van der Waals surface area contributed by atoms with Crippen LogP contribution in [0, 0.1) is 5.92 Å². The normalized spacial score (nSPS) is 20.6. The fraction of sp³-hybridized carbons (Fsp3) is 0.455. The van der Waals surface area contributed by atoms with Gasteiger partial charge in [-0.05, 0) is 43.7 Å². The van der Waals surface area contributed by atoms with Gasteiger partial charge in [0.25, 0.3) is 5.91 Å². The molecule has 2 saturated heterocycles. The minimum absolute atomic E-state index is 0.00906. The van der Waals surface area contributed by atoms with E-state index in [1.807, 2.05) is 17.0 Å². The van der Waals surface area contributed by atoms with E-state index in [0.717, 1.165) is 32.1 Å². The third kappa shape index (κ3) is 4.32. The van der Waals surface area contributed by atoms with Gasteiger partial charge in [0.2, 0.25) is 11.7 Å². The molecule has 1 atom stereocenters. The maximum atomic E-state index is 12.7. The highest BCUT2D eigenvalue weighted by molar-refractivity contribution is 5.92. The Hall–Kier alpha value is -3.20. The van der Waals surface area contributed by atoms with Gasteiger partial charge >= 0.3 is 0 Å². The van der Waals surface area contributed by atoms with E-state index >= 15 is 0 Å². The number of amides is 1. The van der Waals surface area contributed by atoms with E-state index in [0.29, 0.717) is 48.7 Å². The van der Waals surface area contributed by atoms with E-state index in [-0.39, 0.29) is 11.5 Å². The van der Waals surface area contributed by atoms with Crippen LogP contribution in [0.2, 0.25) is 0 Å². The predicted molar refractivity (Wildman–Crippen MR) is 110 cm³/mol.